The van der Waals surface area contributed by atoms with E-state index in [9.17, 15) is 10.2 Å². The monoisotopic (exact) mass is 554 g/mol. The van der Waals surface area contributed by atoms with Gasteiger partial charge in [0.15, 0.2) is 0 Å². The molecule has 2 nitrogen and oxygen atoms in total. The molecule has 0 atom stereocenters. The Balaban J connectivity index is 1.25. The third-order valence-corrected chi connectivity index (χ3v) is 13.5. The van der Waals surface area contributed by atoms with E-state index in [1.807, 2.05) is 0 Å². The fraction of sp³-hybridized carbons (Fsp3) is 0.500. The lowest BCUT2D eigenvalue weighted by Gasteiger charge is -2.57. The molecule has 2 N–H and O–H groups in total. The van der Waals surface area contributed by atoms with Gasteiger partial charge in [0.2, 0.25) is 0 Å². The van der Waals surface area contributed by atoms with Gasteiger partial charge in [-0.1, -0.05) is 48.5 Å². The molecule has 0 heterocycles. The molecule has 8 aliphatic carbocycles. The van der Waals surface area contributed by atoms with Crippen molar-refractivity contribution in [2.45, 2.75) is 87.9 Å². The lowest BCUT2D eigenvalue weighted by Crippen LogP contribution is -2.48. The normalized spacial score (nSPS) is 37.7. The fourth-order valence-corrected chi connectivity index (χ4v) is 12.9. The van der Waals surface area contributed by atoms with E-state index in [1.54, 1.807) is 0 Å². The van der Waals surface area contributed by atoms with Crippen LogP contribution in [-0.4, -0.2) is 10.2 Å². The highest BCUT2D eigenvalue weighted by molar-refractivity contribution is 6.11. The van der Waals surface area contributed by atoms with Crippen LogP contribution in [0.4, 0.5) is 0 Å². The quantitative estimate of drug-likeness (QED) is 0.264. The largest absolute Gasteiger partial charge is 0.507 e. The molecule has 42 heavy (non-hydrogen) atoms. The predicted molar refractivity (Wildman–Crippen MR) is 170 cm³/mol. The van der Waals surface area contributed by atoms with E-state index in [2.05, 4.69) is 60.7 Å². The smallest absolute Gasteiger partial charge is 0.127 e. The highest BCUT2D eigenvalue weighted by atomic mass is 16.3. The first-order chi connectivity index (χ1) is 20.5. The van der Waals surface area contributed by atoms with E-state index in [0.717, 1.165) is 57.4 Å². The van der Waals surface area contributed by atoms with E-state index in [-0.39, 0.29) is 10.8 Å². The second kappa shape index (κ2) is 8.34. The van der Waals surface area contributed by atoms with Crippen LogP contribution in [0, 0.1) is 35.5 Å². The molecule has 8 saturated carbocycles. The number of hydrogen-bond donors (Lipinski definition) is 2. The zero-order valence-corrected chi connectivity index (χ0v) is 24.6. The van der Waals surface area contributed by atoms with Crippen LogP contribution in [0.3, 0.4) is 0 Å². The molecule has 0 aliphatic heterocycles. The first-order valence-electron chi connectivity index (χ1n) is 17.0. The summed E-state index contributed by atoms with van der Waals surface area (Å²) in [7, 11) is 0. The second-order valence-corrected chi connectivity index (χ2v) is 16.1. The Morgan fingerprint density at radius 3 is 1.10 bits per heavy atom. The van der Waals surface area contributed by atoms with Crippen molar-refractivity contribution in [2.24, 2.45) is 35.5 Å². The Kier molecular flexibility index (Phi) is 4.85. The summed E-state index contributed by atoms with van der Waals surface area (Å²) in [4.78, 5) is 0. The summed E-state index contributed by atoms with van der Waals surface area (Å²) in [5.74, 6) is 5.72. The minimum absolute atomic E-state index is 0.0700. The third-order valence-electron chi connectivity index (χ3n) is 13.5. The Hall–Kier alpha value is -3.00. The average molecular weight is 555 g/mol. The number of rotatable bonds is 3. The maximum atomic E-state index is 12.6. The van der Waals surface area contributed by atoms with E-state index >= 15 is 0 Å². The maximum Gasteiger partial charge on any atom is 0.127 e. The summed E-state index contributed by atoms with van der Waals surface area (Å²) >= 11 is 0. The Bertz CT molecular complexity index is 1580. The van der Waals surface area contributed by atoms with Gasteiger partial charge in [0.05, 0.1) is 0 Å². The summed E-state index contributed by atoms with van der Waals surface area (Å²) in [5, 5.41) is 29.7. The summed E-state index contributed by atoms with van der Waals surface area (Å²) in [5.41, 5.74) is 4.22. The molecule has 0 radical (unpaired) electrons. The molecule has 8 bridgehead atoms. The van der Waals surface area contributed by atoms with Crippen molar-refractivity contribution in [3.05, 3.63) is 71.8 Å². The summed E-state index contributed by atoms with van der Waals surface area (Å²) in [6.07, 6.45) is 15.6. The molecular weight excluding hydrogens is 512 g/mol. The number of hydrogen-bond acceptors (Lipinski definition) is 2. The van der Waals surface area contributed by atoms with Gasteiger partial charge < -0.3 is 10.2 Å². The molecular formula is C40H42O2. The standard InChI is InChI=1S/C40H42O2/c41-37-33(39-17-23-9-24(18-39)11-25(10-23)19-39)15-29-5-1-3-7-31(29)35(37)36-32-8-4-2-6-30(32)16-34(38(36)42)40-20-26-12-27(21-40)14-28(13-26)22-40/h1-8,15-16,23-28,41-42H,9-14,17-22H2. The first-order valence-corrected chi connectivity index (χ1v) is 17.0. The minimum atomic E-state index is 0.0700. The molecule has 8 fully saturated rings. The van der Waals surface area contributed by atoms with Gasteiger partial charge in [0.25, 0.3) is 0 Å². The Labute approximate surface area is 249 Å². The van der Waals surface area contributed by atoms with Crippen molar-refractivity contribution in [1.82, 2.24) is 0 Å². The lowest BCUT2D eigenvalue weighted by atomic mass is 9.47. The minimum Gasteiger partial charge on any atom is -0.507 e. The molecule has 4 aromatic carbocycles. The highest BCUT2D eigenvalue weighted by Crippen LogP contribution is 2.65. The highest BCUT2D eigenvalue weighted by Gasteiger charge is 2.54. The SMILES string of the molecule is Oc1c(C23CC4CC(CC(C4)C2)C3)cc2ccccc2c1-c1c(O)c(C23CC4CC(CC(C4)C2)C3)cc2ccccc12. The summed E-state index contributed by atoms with van der Waals surface area (Å²) < 4.78 is 0. The lowest BCUT2D eigenvalue weighted by molar-refractivity contribution is -0.00628. The average Bonchev–Trinajstić information content (AvgIpc) is 2.96. The number of fused-ring (bicyclic) bond motifs is 2. The Morgan fingerprint density at radius 2 is 0.762 bits per heavy atom. The van der Waals surface area contributed by atoms with Crippen molar-refractivity contribution in [1.29, 1.82) is 0 Å². The summed E-state index contributed by atoms with van der Waals surface area (Å²) in [6, 6.07) is 21.9. The van der Waals surface area contributed by atoms with Crippen LogP contribution < -0.4 is 0 Å². The number of aromatic hydroxyl groups is 2. The molecule has 0 amide bonds. The van der Waals surface area contributed by atoms with Gasteiger partial charge in [0, 0.05) is 22.3 Å². The molecule has 8 aliphatic rings. The molecule has 214 valence electrons. The molecule has 0 saturated heterocycles. The van der Waals surface area contributed by atoms with Crippen molar-refractivity contribution in [3.63, 3.8) is 0 Å². The maximum absolute atomic E-state index is 12.6. The van der Waals surface area contributed by atoms with Crippen molar-refractivity contribution < 1.29 is 10.2 Å². The van der Waals surface area contributed by atoms with Gasteiger partial charge in [-0.05, 0) is 157 Å². The molecule has 0 unspecified atom stereocenters. The number of phenolic OH excluding ortho intramolecular Hbond substituents is 2. The first kappa shape index (κ1) is 24.4. The van der Waals surface area contributed by atoms with Crippen molar-refractivity contribution >= 4 is 21.5 Å². The number of benzene rings is 4. The third kappa shape index (κ3) is 3.28. The molecule has 0 spiro atoms. The van der Waals surface area contributed by atoms with Crippen LogP contribution >= 0.6 is 0 Å². The van der Waals surface area contributed by atoms with Gasteiger partial charge in [-0.2, -0.15) is 0 Å². The topological polar surface area (TPSA) is 40.5 Å². The van der Waals surface area contributed by atoms with Gasteiger partial charge in [-0.3, -0.25) is 0 Å². The molecule has 4 aromatic rings. The van der Waals surface area contributed by atoms with Gasteiger partial charge in [-0.15, -0.1) is 0 Å². The Morgan fingerprint density at radius 1 is 0.452 bits per heavy atom. The van der Waals surface area contributed by atoms with Crippen molar-refractivity contribution in [2.75, 3.05) is 0 Å². The molecule has 0 aromatic heterocycles. The van der Waals surface area contributed by atoms with E-state index in [4.69, 9.17) is 0 Å². The van der Waals surface area contributed by atoms with Gasteiger partial charge >= 0.3 is 0 Å². The van der Waals surface area contributed by atoms with Crippen LogP contribution in [-0.2, 0) is 10.8 Å². The van der Waals surface area contributed by atoms with Crippen LogP contribution in [0.1, 0.15) is 88.2 Å². The molecule has 2 heteroatoms. The van der Waals surface area contributed by atoms with E-state index in [0.29, 0.717) is 11.5 Å². The zero-order valence-electron chi connectivity index (χ0n) is 24.6. The fourth-order valence-electron chi connectivity index (χ4n) is 12.9. The van der Waals surface area contributed by atoms with E-state index < -0.39 is 0 Å². The van der Waals surface area contributed by atoms with Crippen LogP contribution in [0.5, 0.6) is 11.5 Å². The van der Waals surface area contributed by atoms with Crippen LogP contribution in [0.2, 0.25) is 0 Å². The van der Waals surface area contributed by atoms with Crippen LogP contribution in [0.25, 0.3) is 32.7 Å². The summed E-state index contributed by atoms with van der Waals surface area (Å²) in [6.45, 7) is 0. The van der Waals surface area contributed by atoms with Gasteiger partial charge in [0.1, 0.15) is 11.5 Å². The zero-order chi connectivity index (χ0) is 27.8. The van der Waals surface area contributed by atoms with Crippen LogP contribution in [0.15, 0.2) is 60.7 Å². The van der Waals surface area contributed by atoms with Crippen molar-refractivity contribution in [3.8, 4) is 22.6 Å². The molecule has 12 rings (SSSR count). The second-order valence-electron chi connectivity index (χ2n) is 16.1. The van der Waals surface area contributed by atoms with E-state index in [1.165, 1.54) is 98.9 Å². The van der Waals surface area contributed by atoms with Gasteiger partial charge in [-0.25, -0.2) is 0 Å². The predicted octanol–water partition coefficient (Wildman–Crippen LogP) is 10.0. The number of phenols is 2.